The average molecular weight is 412 g/mol. The third-order valence-corrected chi connectivity index (χ3v) is 5.88. The molecular formula is C18H22BrNO3S. The molecule has 130 valence electrons. The van der Waals surface area contributed by atoms with Crippen LogP contribution in [0.2, 0.25) is 0 Å². The van der Waals surface area contributed by atoms with Crippen molar-refractivity contribution in [2.45, 2.75) is 37.6 Å². The standard InChI is InChI=1S/C18H22BrNO3S/c1-12(2)14-8-9-17(23-4)18(11-14)24(21,22)20-13(3)15-6-5-7-16(19)10-15/h5-13,20H,1-4H3. The fourth-order valence-electron chi connectivity index (χ4n) is 2.40. The van der Waals surface area contributed by atoms with Crippen LogP contribution in [0.3, 0.4) is 0 Å². The van der Waals surface area contributed by atoms with Crippen LogP contribution in [0.15, 0.2) is 51.8 Å². The number of ether oxygens (including phenoxy) is 1. The fourth-order valence-corrected chi connectivity index (χ4v) is 4.26. The lowest BCUT2D eigenvalue weighted by molar-refractivity contribution is 0.401. The van der Waals surface area contributed by atoms with Gasteiger partial charge in [0.05, 0.1) is 7.11 Å². The quantitative estimate of drug-likeness (QED) is 0.753. The maximum Gasteiger partial charge on any atom is 0.244 e. The number of nitrogens with one attached hydrogen (secondary N) is 1. The molecule has 0 heterocycles. The van der Waals surface area contributed by atoms with Gasteiger partial charge in [0, 0.05) is 10.5 Å². The molecule has 0 amide bonds. The van der Waals surface area contributed by atoms with Crippen LogP contribution >= 0.6 is 15.9 Å². The van der Waals surface area contributed by atoms with Gasteiger partial charge in [-0.15, -0.1) is 0 Å². The van der Waals surface area contributed by atoms with Gasteiger partial charge < -0.3 is 4.74 Å². The van der Waals surface area contributed by atoms with Crippen molar-refractivity contribution in [1.82, 2.24) is 4.72 Å². The number of hydrogen-bond acceptors (Lipinski definition) is 3. The van der Waals surface area contributed by atoms with Crippen molar-refractivity contribution in [3.05, 3.63) is 58.1 Å². The van der Waals surface area contributed by atoms with Crippen LogP contribution in [0.5, 0.6) is 5.75 Å². The highest BCUT2D eigenvalue weighted by molar-refractivity contribution is 9.10. The first-order valence-corrected chi connectivity index (χ1v) is 9.98. The number of rotatable bonds is 6. The van der Waals surface area contributed by atoms with E-state index in [0.29, 0.717) is 5.75 Å². The van der Waals surface area contributed by atoms with E-state index < -0.39 is 10.0 Å². The van der Waals surface area contributed by atoms with E-state index in [1.54, 1.807) is 12.1 Å². The van der Waals surface area contributed by atoms with E-state index in [4.69, 9.17) is 4.74 Å². The molecule has 0 fully saturated rings. The van der Waals surface area contributed by atoms with Gasteiger partial charge in [-0.2, -0.15) is 0 Å². The molecular weight excluding hydrogens is 390 g/mol. The number of benzene rings is 2. The van der Waals surface area contributed by atoms with Crippen molar-refractivity contribution in [2.24, 2.45) is 0 Å². The molecule has 2 rings (SSSR count). The summed E-state index contributed by atoms with van der Waals surface area (Å²) < 4.78 is 34.6. The molecule has 0 aliphatic rings. The zero-order valence-electron chi connectivity index (χ0n) is 14.2. The summed E-state index contributed by atoms with van der Waals surface area (Å²) in [6.07, 6.45) is 0. The molecule has 24 heavy (non-hydrogen) atoms. The van der Waals surface area contributed by atoms with E-state index >= 15 is 0 Å². The number of sulfonamides is 1. The third kappa shape index (κ3) is 4.37. The van der Waals surface area contributed by atoms with Gasteiger partial charge in [-0.05, 0) is 48.2 Å². The van der Waals surface area contributed by atoms with E-state index in [9.17, 15) is 8.42 Å². The van der Waals surface area contributed by atoms with Crippen LogP contribution in [0, 0.1) is 0 Å². The van der Waals surface area contributed by atoms with Crippen LogP contribution in [0.1, 0.15) is 43.9 Å². The minimum atomic E-state index is -3.71. The highest BCUT2D eigenvalue weighted by Gasteiger charge is 2.23. The number of methoxy groups -OCH3 is 1. The Hall–Kier alpha value is -1.37. The minimum Gasteiger partial charge on any atom is -0.495 e. The Bertz CT molecular complexity index is 819. The van der Waals surface area contributed by atoms with Gasteiger partial charge in [-0.25, -0.2) is 13.1 Å². The first kappa shape index (κ1) is 19.0. The van der Waals surface area contributed by atoms with E-state index in [1.807, 2.05) is 51.1 Å². The second-order valence-electron chi connectivity index (χ2n) is 5.96. The maximum absolute atomic E-state index is 12.9. The Balaban J connectivity index is 2.37. The predicted molar refractivity (Wildman–Crippen MR) is 100.0 cm³/mol. The molecule has 2 aromatic carbocycles. The van der Waals surface area contributed by atoms with Gasteiger partial charge in [0.2, 0.25) is 10.0 Å². The third-order valence-electron chi connectivity index (χ3n) is 3.82. The van der Waals surface area contributed by atoms with Crippen molar-refractivity contribution < 1.29 is 13.2 Å². The zero-order valence-corrected chi connectivity index (χ0v) is 16.6. The summed E-state index contributed by atoms with van der Waals surface area (Å²) in [7, 11) is -2.24. The molecule has 6 heteroatoms. The molecule has 0 radical (unpaired) electrons. The molecule has 1 unspecified atom stereocenters. The largest absolute Gasteiger partial charge is 0.495 e. The van der Waals surface area contributed by atoms with Crippen molar-refractivity contribution in [1.29, 1.82) is 0 Å². The Morgan fingerprint density at radius 1 is 1.04 bits per heavy atom. The van der Waals surface area contributed by atoms with Crippen LogP contribution in [0.4, 0.5) is 0 Å². The van der Waals surface area contributed by atoms with Gasteiger partial charge in [-0.1, -0.05) is 48.0 Å². The highest BCUT2D eigenvalue weighted by atomic mass is 79.9. The Morgan fingerprint density at radius 2 is 1.75 bits per heavy atom. The SMILES string of the molecule is COc1ccc(C(C)C)cc1S(=O)(=O)NC(C)c1cccc(Br)c1. The van der Waals surface area contributed by atoms with Crippen molar-refractivity contribution in [3.63, 3.8) is 0 Å². The second kappa shape index (κ2) is 7.68. The zero-order chi connectivity index (χ0) is 17.9. The molecule has 0 aliphatic carbocycles. The summed E-state index contributed by atoms with van der Waals surface area (Å²) in [5.41, 5.74) is 1.83. The van der Waals surface area contributed by atoms with Crippen molar-refractivity contribution in [3.8, 4) is 5.75 Å². The molecule has 0 saturated heterocycles. The maximum atomic E-state index is 12.9. The highest BCUT2D eigenvalue weighted by Crippen LogP contribution is 2.29. The van der Waals surface area contributed by atoms with Crippen LogP contribution in [-0.2, 0) is 10.0 Å². The summed E-state index contributed by atoms with van der Waals surface area (Å²) in [6, 6.07) is 12.5. The second-order valence-corrected chi connectivity index (χ2v) is 8.56. The summed E-state index contributed by atoms with van der Waals surface area (Å²) >= 11 is 3.41. The van der Waals surface area contributed by atoms with Crippen molar-refractivity contribution >= 4 is 26.0 Å². The number of halogens is 1. The summed E-state index contributed by atoms with van der Waals surface area (Å²) in [6.45, 7) is 5.86. The number of hydrogen-bond donors (Lipinski definition) is 1. The molecule has 0 saturated carbocycles. The van der Waals surface area contributed by atoms with E-state index in [0.717, 1.165) is 15.6 Å². The molecule has 0 bridgehead atoms. The van der Waals surface area contributed by atoms with E-state index in [-0.39, 0.29) is 16.9 Å². The van der Waals surface area contributed by atoms with Gasteiger partial charge in [0.25, 0.3) is 0 Å². The van der Waals surface area contributed by atoms with E-state index in [2.05, 4.69) is 20.7 Å². The van der Waals surface area contributed by atoms with Gasteiger partial charge in [-0.3, -0.25) is 0 Å². The molecule has 4 nitrogen and oxygen atoms in total. The Morgan fingerprint density at radius 3 is 2.33 bits per heavy atom. The first-order valence-electron chi connectivity index (χ1n) is 7.70. The lowest BCUT2D eigenvalue weighted by Gasteiger charge is -2.18. The lowest BCUT2D eigenvalue weighted by atomic mass is 10.0. The van der Waals surface area contributed by atoms with Gasteiger partial charge >= 0.3 is 0 Å². The monoisotopic (exact) mass is 411 g/mol. The molecule has 1 N–H and O–H groups in total. The molecule has 2 aromatic rings. The molecule has 0 aliphatic heterocycles. The molecule has 1 atom stereocenters. The fraction of sp³-hybridized carbons (Fsp3) is 0.333. The molecule has 0 aromatic heterocycles. The van der Waals surface area contributed by atoms with Crippen molar-refractivity contribution in [2.75, 3.05) is 7.11 Å². The summed E-state index contributed by atoms with van der Waals surface area (Å²) in [5.74, 6) is 0.570. The minimum absolute atomic E-state index is 0.165. The molecule has 0 spiro atoms. The topological polar surface area (TPSA) is 55.4 Å². The Labute approximate surface area is 152 Å². The normalized spacial score (nSPS) is 13.1. The smallest absolute Gasteiger partial charge is 0.244 e. The first-order chi connectivity index (χ1) is 11.2. The summed E-state index contributed by atoms with van der Waals surface area (Å²) in [4.78, 5) is 0.165. The Kier molecular flexibility index (Phi) is 6.06. The average Bonchev–Trinajstić information content (AvgIpc) is 2.53. The van der Waals surface area contributed by atoms with Crippen LogP contribution in [-0.4, -0.2) is 15.5 Å². The summed E-state index contributed by atoms with van der Waals surface area (Å²) in [5, 5.41) is 0. The van der Waals surface area contributed by atoms with Gasteiger partial charge in [0.15, 0.2) is 0 Å². The van der Waals surface area contributed by atoms with Crippen LogP contribution < -0.4 is 9.46 Å². The van der Waals surface area contributed by atoms with E-state index in [1.165, 1.54) is 7.11 Å². The van der Waals surface area contributed by atoms with Gasteiger partial charge in [0.1, 0.15) is 10.6 Å². The predicted octanol–water partition coefficient (Wildman–Crippen LogP) is 4.62. The lowest BCUT2D eigenvalue weighted by Crippen LogP contribution is -2.27. The van der Waals surface area contributed by atoms with Crippen LogP contribution in [0.25, 0.3) is 0 Å².